The van der Waals surface area contributed by atoms with E-state index in [1.807, 2.05) is 0 Å². The molecule has 0 aliphatic rings. The van der Waals surface area contributed by atoms with Gasteiger partial charge in [0.1, 0.15) is 34.3 Å². The normalized spacial score (nSPS) is 11.2. The van der Waals surface area contributed by atoms with E-state index < -0.39 is 29.4 Å². The number of hydrogen-bond donors (Lipinski definition) is 3. The maximum atomic E-state index is 15.6. The molecule has 0 fully saturated rings. The first-order chi connectivity index (χ1) is 23.5. The lowest BCUT2D eigenvalue weighted by Gasteiger charge is -2.15. The van der Waals surface area contributed by atoms with Crippen LogP contribution in [0, 0.1) is 11.6 Å². The molecule has 6 aromatic rings. The fourth-order valence-electron chi connectivity index (χ4n) is 5.97. The number of primary amides is 2. The number of ether oxygens (including phenoxy) is 2. The zero-order chi connectivity index (χ0) is 35.1. The van der Waals surface area contributed by atoms with Crippen molar-refractivity contribution in [3.63, 3.8) is 0 Å². The number of aromatic nitrogens is 4. The molecule has 13 nitrogen and oxygen atoms in total. The summed E-state index contributed by atoms with van der Waals surface area (Å²) in [5, 5.41) is 9.97. The van der Waals surface area contributed by atoms with Gasteiger partial charge in [0.05, 0.1) is 53.1 Å². The Kier molecular flexibility index (Phi) is 8.25. The van der Waals surface area contributed by atoms with E-state index in [0.717, 1.165) is 12.1 Å². The highest BCUT2D eigenvalue weighted by Gasteiger charge is 2.28. The van der Waals surface area contributed by atoms with E-state index in [1.165, 1.54) is 67.3 Å². The average Bonchev–Trinajstić information content (AvgIpc) is 3.63. The zero-order valence-corrected chi connectivity index (χ0v) is 25.9. The number of carboxylic acid groups (broad SMARTS) is 1. The number of carbonyl (C=O) groups is 4. The van der Waals surface area contributed by atoms with Gasteiger partial charge in [0.2, 0.25) is 0 Å². The van der Waals surface area contributed by atoms with Crippen molar-refractivity contribution >= 4 is 46.1 Å². The monoisotopic (exact) mass is 668 g/mol. The Labute approximate surface area is 275 Å². The summed E-state index contributed by atoms with van der Waals surface area (Å²) in [4.78, 5) is 57.9. The Morgan fingerprint density at radius 1 is 0.735 bits per heavy atom. The number of aromatic carboxylic acids is 1. The number of nitrogens with two attached hydrogens (primary N) is 2. The minimum absolute atomic E-state index is 0.00759. The number of halogens is 2. The molecular weight excluding hydrogens is 642 g/mol. The number of carboxylic acids is 1. The van der Waals surface area contributed by atoms with Crippen LogP contribution < -0.4 is 20.9 Å². The quantitative estimate of drug-likeness (QED) is 0.168. The number of rotatable bonds is 11. The number of imidazole rings is 2. The van der Waals surface area contributed by atoms with Gasteiger partial charge in [-0.1, -0.05) is 18.2 Å². The highest BCUT2D eigenvalue weighted by atomic mass is 19.1. The van der Waals surface area contributed by atoms with Gasteiger partial charge < -0.3 is 35.2 Å². The summed E-state index contributed by atoms with van der Waals surface area (Å²) in [6.45, 7) is -0.145. The Balaban J connectivity index is 1.64. The second-order valence-electron chi connectivity index (χ2n) is 10.7. The van der Waals surface area contributed by atoms with Crippen LogP contribution in [0.1, 0.15) is 41.4 Å². The van der Waals surface area contributed by atoms with Gasteiger partial charge in [0.15, 0.2) is 17.8 Å². The van der Waals surface area contributed by atoms with Crippen molar-refractivity contribution in [2.45, 2.75) is 13.1 Å². The summed E-state index contributed by atoms with van der Waals surface area (Å²) in [7, 11) is 2.61. The number of aldehydes is 1. The standard InChI is InChI=1S/C34H26F2N6O7/c1-48-28-18(30(37)44)9-11-22-26(28)39-32(24-16(15-43)5-3-7-20(24)35)41(22)13-14-42-23-12-10-19(31(38)45)29(49-2)27(23)40-33(42)25-17(34(46)47)6-4-8-21(25)36/h3-12,15H,13-14H2,1-2H3,(H2,37,44)(H2,38,45)(H,46,47). The number of fused-ring (bicyclic) bond motifs is 2. The summed E-state index contributed by atoms with van der Waals surface area (Å²) < 4.78 is 45.1. The molecule has 49 heavy (non-hydrogen) atoms. The van der Waals surface area contributed by atoms with Crippen molar-refractivity contribution in [3.8, 4) is 34.3 Å². The predicted molar refractivity (Wildman–Crippen MR) is 173 cm³/mol. The molecule has 0 saturated heterocycles. The van der Waals surface area contributed by atoms with Crippen LogP contribution in [0.2, 0.25) is 0 Å². The molecule has 0 radical (unpaired) electrons. The van der Waals surface area contributed by atoms with Crippen LogP contribution in [0.4, 0.5) is 8.78 Å². The molecule has 0 saturated carbocycles. The molecule has 2 heterocycles. The van der Waals surface area contributed by atoms with Crippen LogP contribution in [0.25, 0.3) is 44.8 Å². The lowest BCUT2D eigenvalue weighted by Crippen LogP contribution is -2.14. The van der Waals surface area contributed by atoms with Gasteiger partial charge in [0, 0.05) is 18.7 Å². The zero-order valence-electron chi connectivity index (χ0n) is 25.9. The lowest BCUT2D eigenvalue weighted by molar-refractivity contribution is 0.0696. The van der Waals surface area contributed by atoms with Crippen molar-refractivity contribution < 1.29 is 42.5 Å². The summed E-state index contributed by atoms with van der Waals surface area (Å²) in [5.74, 6) is -4.80. The minimum atomic E-state index is -1.42. The van der Waals surface area contributed by atoms with Crippen LogP contribution in [0.5, 0.6) is 11.5 Å². The van der Waals surface area contributed by atoms with Crippen LogP contribution in [-0.4, -0.2) is 62.5 Å². The van der Waals surface area contributed by atoms with Gasteiger partial charge in [-0.25, -0.2) is 23.5 Å². The van der Waals surface area contributed by atoms with Gasteiger partial charge in [-0.2, -0.15) is 0 Å². The Hall–Kier alpha value is -6.64. The third-order valence-corrected chi connectivity index (χ3v) is 8.10. The average molecular weight is 669 g/mol. The van der Waals surface area contributed by atoms with Gasteiger partial charge in [0.25, 0.3) is 11.8 Å². The van der Waals surface area contributed by atoms with Crippen LogP contribution >= 0.6 is 0 Å². The van der Waals surface area contributed by atoms with Gasteiger partial charge >= 0.3 is 5.97 Å². The number of methoxy groups -OCH3 is 2. The fraction of sp³-hybridized carbons (Fsp3) is 0.118. The van der Waals surface area contributed by atoms with E-state index in [2.05, 4.69) is 9.97 Å². The summed E-state index contributed by atoms with van der Waals surface area (Å²) in [5.41, 5.74) is 11.2. The first-order valence-electron chi connectivity index (χ1n) is 14.5. The third-order valence-electron chi connectivity index (χ3n) is 8.10. The molecule has 4 aromatic carbocycles. The first kappa shape index (κ1) is 32.3. The van der Waals surface area contributed by atoms with Crippen molar-refractivity contribution in [3.05, 3.63) is 94.6 Å². The van der Waals surface area contributed by atoms with E-state index in [4.69, 9.17) is 20.9 Å². The van der Waals surface area contributed by atoms with E-state index in [9.17, 15) is 24.3 Å². The molecule has 6 rings (SSSR count). The number of carbonyl (C=O) groups excluding carboxylic acids is 3. The first-order valence-corrected chi connectivity index (χ1v) is 14.5. The van der Waals surface area contributed by atoms with E-state index >= 15 is 8.78 Å². The molecule has 5 N–H and O–H groups in total. The molecule has 0 spiro atoms. The van der Waals surface area contributed by atoms with Gasteiger partial charge in [-0.3, -0.25) is 14.4 Å². The highest BCUT2D eigenvalue weighted by Crippen LogP contribution is 2.38. The molecule has 2 amide bonds. The number of amides is 2. The van der Waals surface area contributed by atoms with Crippen LogP contribution in [0.3, 0.4) is 0 Å². The Bertz CT molecular complexity index is 2370. The molecule has 15 heteroatoms. The third kappa shape index (κ3) is 5.26. The summed E-state index contributed by atoms with van der Waals surface area (Å²) >= 11 is 0. The van der Waals surface area contributed by atoms with E-state index in [0.29, 0.717) is 17.3 Å². The summed E-state index contributed by atoms with van der Waals surface area (Å²) in [6, 6.07) is 13.3. The van der Waals surface area contributed by atoms with Gasteiger partial charge in [-0.05, 0) is 42.5 Å². The number of nitrogens with zero attached hydrogens (tertiary/aromatic N) is 4. The lowest BCUT2D eigenvalue weighted by atomic mass is 10.1. The van der Waals surface area contributed by atoms with Crippen LogP contribution in [0.15, 0.2) is 60.7 Å². The maximum Gasteiger partial charge on any atom is 0.336 e. The highest BCUT2D eigenvalue weighted by molar-refractivity contribution is 6.04. The molecule has 248 valence electrons. The molecule has 0 unspecified atom stereocenters. The number of benzene rings is 4. The molecule has 0 aliphatic carbocycles. The largest absolute Gasteiger partial charge is 0.494 e. The molecule has 0 atom stereocenters. The molecule has 2 aromatic heterocycles. The van der Waals surface area contributed by atoms with Crippen molar-refractivity contribution in [2.24, 2.45) is 11.5 Å². The topological polar surface area (TPSA) is 195 Å². The second-order valence-corrected chi connectivity index (χ2v) is 10.7. The minimum Gasteiger partial charge on any atom is -0.494 e. The van der Waals surface area contributed by atoms with Crippen molar-refractivity contribution in [1.29, 1.82) is 0 Å². The van der Waals surface area contributed by atoms with Crippen molar-refractivity contribution in [1.82, 2.24) is 19.1 Å². The summed E-state index contributed by atoms with van der Waals surface area (Å²) in [6.07, 6.45) is 0.476. The van der Waals surface area contributed by atoms with Crippen LogP contribution in [-0.2, 0) is 13.1 Å². The van der Waals surface area contributed by atoms with Gasteiger partial charge in [-0.15, -0.1) is 0 Å². The second kappa shape index (κ2) is 12.5. The molecule has 0 bridgehead atoms. The predicted octanol–water partition coefficient (Wildman–Crippen LogP) is 4.42. The smallest absolute Gasteiger partial charge is 0.336 e. The maximum absolute atomic E-state index is 15.6. The number of aryl methyl sites for hydroxylation is 2. The Morgan fingerprint density at radius 3 is 1.65 bits per heavy atom. The molecule has 0 aliphatic heterocycles. The van der Waals surface area contributed by atoms with Crippen molar-refractivity contribution in [2.75, 3.05) is 14.2 Å². The number of hydrogen-bond acceptors (Lipinski definition) is 8. The SMILES string of the molecule is COc1c(C(N)=O)ccc2c1nc(-c1c(F)cccc1C=O)n2CCn1c(-c2c(F)cccc2C(=O)O)nc2c(OC)c(C(N)=O)ccc21. The Morgan fingerprint density at radius 2 is 1.20 bits per heavy atom. The fourth-order valence-corrected chi connectivity index (χ4v) is 5.97. The molecular formula is C34H26F2N6O7. The van der Waals surface area contributed by atoms with E-state index in [1.54, 1.807) is 4.57 Å². The van der Waals surface area contributed by atoms with E-state index in [-0.39, 0.29) is 80.7 Å².